The summed E-state index contributed by atoms with van der Waals surface area (Å²) in [7, 11) is 1.51. The van der Waals surface area contributed by atoms with Gasteiger partial charge in [-0.25, -0.2) is 4.39 Å². The highest BCUT2D eigenvalue weighted by Crippen LogP contribution is 2.26. The Hall–Kier alpha value is -3.07. The van der Waals surface area contributed by atoms with Gasteiger partial charge in [-0.15, -0.1) is 10.2 Å². The maximum Gasteiger partial charge on any atom is 0.270 e. The first kappa shape index (κ1) is 17.7. The topological polar surface area (TPSA) is 90.2 Å². The summed E-state index contributed by atoms with van der Waals surface area (Å²) in [6, 6.07) is 10.7. The molecule has 0 bridgehead atoms. The highest BCUT2D eigenvalue weighted by molar-refractivity contribution is 7.15. The fraction of sp³-hybridized carbons (Fsp3) is 0.176. The lowest BCUT2D eigenvalue weighted by molar-refractivity contribution is -0.384. The molecule has 0 aliphatic heterocycles. The number of nitro groups is 1. The van der Waals surface area contributed by atoms with Gasteiger partial charge in [0.25, 0.3) is 5.69 Å². The van der Waals surface area contributed by atoms with Crippen molar-refractivity contribution in [1.82, 2.24) is 10.2 Å². The van der Waals surface area contributed by atoms with E-state index in [0.29, 0.717) is 29.4 Å². The number of nitro benzene ring substituents is 1. The van der Waals surface area contributed by atoms with Crippen molar-refractivity contribution in [3.63, 3.8) is 0 Å². The summed E-state index contributed by atoms with van der Waals surface area (Å²) in [5.41, 5.74) is 1.59. The number of nitrogens with one attached hydrogen (secondary N) is 1. The Morgan fingerprint density at radius 3 is 2.69 bits per heavy atom. The second-order valence-electron chi connectivity index (χ2n) is 5.41. The predicted molar refractivity (Wildman–Crippen MR) is 96.1 cm³/mol. The van der Waals surface area contributed by atoms with Crippen LogP contribution < -0.4 is 10.1 Å². The van der Waals surface area contributed by atoms with Gasteiger partial charge in [0.2, 0.25) is 5.13 Å². The van der Waals surface area contributed by atoms with Crippen LogP contribution in [0.5, 0.6) is 5.75 Å². The standard InChI is InChI=1S/C17H15FN4O3S/c1-25-15-7-6-14(22(23)24)9-12(15)10-19-17-21-20-16(26-17)8-11-2-4-13(18)5-3-11/h2-7,9H,8,10H2,1H3,(H,19,21). The zero-order valence-electron chi connectivity index (χ0n) is 13.8. The van der Waals surface area contributed by atoms with E-state index in [1.165, 1.54) is 42.7 Å². The third-order valence-corrected chi connectivity index (χ3v) is 4.52. The van der Waals surface area contributed by atoms with Crippen LogP contribution in [0.1, 0.15) is 16.1 Å². The third-order valence-electron chi connectivity index (χ3n) is 3.64. The number of benzene rings is 2. The van der Waals surface area contributed by atoms with Crippen molar-refractivity contribution in [2.45, 2.75) is 13.0 Å². The maximum absolute atomic E-state index is 12.9. The quantitative estimate of drug-likeness (QED) is 0.500. The summed E-state index contributed by atoms with van der Waals surface area (Å²) in [5, 5.41) is 23.6. The average Bonchev–Trinajstić information content (AvgIpc) is 3.09. The molecule has 9 heteroatoms. The summed E-state index contributed by atoms with van der Waals surface area (Å²) >= 11 is 1.37. The van der Waals surface area contributed by atoms with Crippen LogP contribution in [0.2, 0.25) is 0 Å². The fourth-order valence-electron chi connectivity index (χ4n) is 2.36. The summed E-state index contributed by atoms with van der Waals surface area (Å²) in [4.78, 5) is 10.5. The van der Waals surface area contributed by atoms with Crippen molar-refractivity contribution in [2.24, 2.45) is 0 Å². The molecule has 134 valence electrons. The van der Waals surface area contributed by atoms with E-state index < -0.39 is 4.92 Å². The highest BCUT2D eigenvalue weighted by atomic mass is 32.1. The molecule has 0 aliphatic rings. The molecular formula is C17H15FN4O3S. The SMILES string of the molecule is COc1ccc([N+](=O)[O-])cc1CNc1nnc(Cc2ccc(F)cc2)s1. The molecule has 3 aromatic rings. The minimum atomic E-state index is -0.450. The van der Waals surface area contributed by atoms with Crippen LogP contribution in [0.4, 0.5) is 15.2 Å². The van der Waals surface area contributed by atoms with Crippen LogP contribution in [-0.4, -0.2) is 22.2 Å². The van der Waals surface area contributed by atoms with Gasteiger partial charge < -0.3 is 10.1 Å². The first-order valence-corrected chi connectivity index (χ1v) is 8.49. The van der Waals surface area contributed by atoms with Gasteiger partial charge in [0.1, 0.15) is 16.6 Å². The number of nitrogens with zero attached hydrogens (tertiary/aromatic N) is 3. The van der Waals surface area contributed by atoms with Gasteiger partial charge in [-0.2, -0.15) is 0 Å². The Morgan fingerprint density at radius 2 is 2.00 bits per heavy atom. The number of hydrogen-bond acceptors (Lipinski definition) is 7. The van der Waals surface area contributed by atoms with Crippen LogP contribution >= 0.6 is 11.3 Å². The van der Waals surface area contributed by atoms with E-state index in [1.807, 2.05) is 0 Å². The van der Waals surface area contributed by atoms with Gasteiger partial charge in [0.05, 0.1) is 12.0 Å². The number of hydrogen-bond donors (Lipinski definition) is 1. The molecule has 3 rings (SSSR count). The summed E-state index contributed by atoms with van der Waals surface area (Å²) in [5.74, 6) is 0.276. The molecule has 0 unspecified atom stereocenters. The Morgan fingerprint density at radius 1 is 1.23 bits per heavy atom. The Labute approximate surface area is 152 Å². The molecule has 2 aromatic carbocycles. The van der Waals surface area contributed by atoms with Crippen LogP contribution in [0, 0.1) is 15.9 Å². The van der Waals surface area contributed by atoms with Crippen LogP contribution in [0.15, 0.2) is 42.5 Å². The smallest absolute Gasteiger partial charge is 0.270 e. The normalized spacial score (nSPS) is 10.5. The van der Waals surface area contributed by atoms with E-state index in [2.05, 4.69) is 15.5 Å². The Kier molecular flexibility index (Phi) is 5.37. The second kappa shape index (κ2) is 7.87. The monoisotopic (exact) mass is 374 g/mol. The number of anilines is 1. The zero-order valence-corrected chi connectivity index (χ0v) is 14.6. The molecule has 0 spiro atoms. The Balaban J connectivity index is 1.67. The first-order valence-electron chi connectivity index (χ1n) is 7.67. The summed E-state index contributed by atoms with van der Waals surface area (Å²) in [6.45, 7) is 0.316. The van der Waals surface area contributed by atoms with Gasteiger partial charge in [0, 0.05) is 30.7 Å². The van der Waals surface area contributed by atoms with Crippen LogP contribution in [0.25, 0.3) is 0 Å². The van der Waals surface area contributed by atoms with Crippen molar-refractivity contribution >= 4 is 22.2 Å². The number of ether oxygens (including phenoxy) is 1. The third kappa shape index (κ3) is 4.31. The molecule has 1 N–H and O–H groups in total. The van der Waals surface area contributed by atoms with Gasteiger partial charge in [-0.05, 0) is 23.8 Å². The van der Waals surface area contributed by atoms with Crippen molar-refractivity contribution in [3.8, 4) is 5.75 Å². The minimum absolute atomic E-state index is 0.00290. The lowest BCUT2D eigenvalue weighted by Crippen LogP contribution is -2.02. The molecule has 1 heterocycles. The average molecular weight is 374 g/mol. The summed E-state index contributed by atoms with van der Waals surface area (Å²) < 4.78 is 18.2. The molecule has 0 amide bonds. The molecule has 0 aliphatic carbocycles. The number of rotatable bonds is 7. The van der Waals surface area contributed by atoms with Crippen molar-refractivity contribution in [3.05, 3.63) is 74.5 Å². The second-order valence-corrected chi connectivity index (χ2v) is 6.47. The molecule has 0 saturated heterocycles. The largest absolute Gasteiger partial charge is 0.496 e. The van der Waals surface area contributed by atoms with E-state index in [1.54, 1.807) is 18.2 Å². The molecule has 0 radical (unpaired) electrons. The van der Waals surface area contributed by atoms with Gasteiger partial charge >= 0.3 is 0 Å². The van der Waals surface area contributed by atoms with Gasteiger partial charge in [0.15, 0.2) is 0 Å². The zero-order chi connectivity index (χ0) is 18.5. The fourth-order valence-corrected chi connectivity index (χ4v) is 3.13. The van der Waals surface area contributed by atoms with E-state index in [-0.39, 0.29) is 11.5 Å². The number of halogens is 1. The van der Waals surface area contributed by atoms with E-state index >= 15 is 0 Å². The lowest BCUT2D eigenvalue weighted by atomic mass is 10.2. The van der Waals surface area contributed by atoms with E-state index in [9.17, 15) is 14.5 Å². The molecule has 0 atom stereocenters. The number of aromatic nitrogens is 2. The maximum atomic E-state index is 12.9. The minimum Gasteiger partial charge on any atom is -0.496 e. The van der Waals surface area contributed by atoms with Crippen molar-refractivity contribution < 1.29 is 14.1 Å². The van der Waals surface area contributed by atoms with Gasteiger partial charge in [-0.1, -0.05) is 23.5 Å². The number of methoxy groups -OCH3 is 1. The molecule has 7 nitrogen and oxygen atoms in total. The van der Waals surface area contributed by atoms with E-state index in [0.717, 1.165) is 10.6 Å². The van der Waals surface area contributed by atoms with Crippen LogP contribution in [-0.2, 0) is 13.0 Å². The molecule has 26 heavy (non-hydrogen) atoms. The van der Waals surface area contributed by atoms with Gasteiger partial charge in [-0.3, -0.25) is 10.1 Å². The lowest BCUT2D eigenvalue weighted by Gasteiger charge is -2.08. The molecule has 0 saturated carbocycles. The van der Waals surface area contributed by atoms with Crippen molar-refractivity contribution in [1.29, 1.82) is 0 Å². The first-order chi connectivity index (χ1) is 12.5. The predicted octanol–water partition coefficient (Wildman–Crippen LogP) is 3.80. The molecule has 0 fully saturated rings. The van der Waals surface area contributed by atoms with Crippen LogP contribution in [0.3, 0.4) is 0 Å². The van der Waals surface area contributed by atoms with E-state index in [4.69, 9.17) is 4.74 Å². The highest BCUT2D eigenvalue weighted by Gasteiger charge is 2.12. The number of non-ortho nitro benzene ring substituents is 1. The molecular weight excluding hydrogens is 359 g/mol. The Bertz CT molecular complexity index is 915. The van der Waals surface area contributed by atoms with Crippen molar-refractivity contribution in [2.75, 3.05) is 12.4 Å². The molecule has 1 aromatic heterocycles. The summed E-state index contributed by atoms with van der Waals surface area (Å²) in [6.07, 6.45) is 0.555.